The van der Waals surface area contributed by atoms with Crippen LogP contribution in [0.3, 0.4) is 0 Å². The molecule has 0 bridgehead atoms. The number of ether oxygens (including phenoxy) is 2. The molecule has 0 aliphatic heterocycles. The van der Waals surface area contributed by atoms with Crippen LogP contribution in [-0.2, 0) is 19.1 Å². The van der Waals surface area contributed by atoms with E-state index in [1.807, 2.05) is 11.9 Å². The van der Waals surface area contributed by atoms with E-state index < -0.39 is 0 Å². The molecule has 0 rings (SSSR count). The lowest BCUT2D eigenvalue weighted by Gasteiger charge is -2.19. The largest absolute Gasteiger partial charge is 0.469 e. The predicted octanol–water partition coefficient (Wildman–Crippen LogP) is 0.290. The molecule has 0 aromatic carbocycles. The summed E-state index contributed by atoms with van der Waals surface area (Å²) >= 11 is 0. The van der Waals surface area contributed by atoms with E-state index in [1.165, 1.54) is 14.2 Å². The van der Waals surface area contributed by atoms with Gasteiger partial charge in [-0.05, 0) is 7.05 Å². The topological polar surface area (TPSA) is 55.8 Å². The van der Waals surface area contributed by atoms with Gasteiger partial charge in [0.1, 0.15) is 0 Å². The second-order valence-corrected chi connectivity index (χ2v) is 3.51. The lowest BCUT2D eigenvalue weighted by atomic mass is 10.2. The zero-order valence-electron chi connectivity index (χ0n) is 9.78. The molecule has 0 aliphatic carbocycles. The molecule has 15 heavy (non-hydrogen) atoms. The van der Waals surface area contributed by atoms with E-state index in [0.29, 0.717) is 19.5 Å². The van der Waals surface area contributed by atoms with Crippen molar-refractivity contribution in [2.24, 2.45) is 5.92 Å². The van der Waals surface area contributed by atoms with E-state index in [0.717, 1.165) is 0 Å². The quantitative estimate of drug-likeness (QED) is 0.598. The van der Waals surface area contributed by atoms with E-state index in [-0.39, 0.29) is 17.9 Å². The van der Waals surface area contributed by atoms with Crippen LogP contribution in [0.5, 0.6) is 0 Å². The molecule has 0 aliphatic rings. The summed E-state index contributed by atoms with van der Waals surface area (Å²) in [5, 5.41) is 0. The Bertz CT molecular complexity index is 217. The van der Waals surface area contributed by atoms with Gasteiger partial charge in [0.25, 0.3) is 0 Å². The number of carbonyl (C=O) groups is 2. The highest BCUT2D eigenvalue weighted by atomic mass is 16.5. The number of rotatable bonds is 6. The van der Waals surface area contributed by atoms with Crippen LogP contribution >= 0.6 is 0 Å². The first-order valence-corrected chi connectivity index (χ1v) is 4.84. The van der Waals surface area contributed by atoms with E-state index in [4.69, 9.17) is 0 Å². The van der Waals surface area contributed by atoms with Gasteiger partial charge in [-0.1, -0.05) is 6.92 Å². The summed E-state index contributed by atoms with van der Waals surface area (Å²) in [6, 6.07) is 0. The van der Waals surface area contributed by atoms with E-state index >= 15 is 0 Å². The Kier molecular flexibility index (Phi) is 6.70. The maximum atomic E-state index is 11.1. The fourth-order valence-electron chi connectivity index (χ4n) is 1.22. The van der Waals surface area contributed by atoms with Crippen LogP contribution < -0.4 is 0 Å². The molecule has 0 radical (unpaired) electrons. The number of esters is 2. The van der Waals surface area contributed by atoms with Gasteiger partial charge in [-0.25, -0.2) is 0 Å². The standard InChI is InChI=1S/C10H19NO4/c1-8(10(13)15-4)7-11(2)6-5-9(12)14-3/h8H,5-7H2,1-4H3/t8-/m1/s1. The molecule has 0 fully saturated rings. The van der Waals surface area contributed by atoms with Gasteiger partial charge in [0.2, 0.25) is 0 Å². The zero-order valence-corrected chi connectivity index (χ0v) is 9.78. The molecule has 5 heteroatoms. The molecule has 0 spiro atoms. The van der Waals surface area contributed by atoms with Gasteiger partial charge in [-0.2, -0.15) is 0 Å². The summed E-state index contributed by atoms with van der Waals surface area (Å²) in [6.07, 6.45) is 0.334. The Morgan fingerprint density at radius 1 is 1.27 bits per heavy atom. The zero-order chi connectivity index (χ0) is 11.8. The Morgan fingerprint density at radius 3 is 2.33 bits per heavy atom. The van der Waals surface area contributed by atoms with Gasteiger partial charge < -0.3 is 14.4 Å². The van der Waals surface area contributed by atoms with Crippen LogP contribution in [0.4, 0.5) is 0 Å². The van der Waals surface area contributed by atoms with E-state index in [9.17, 15) is 9.59 Å². The first-order valence-electron chi connectivity index (χ1n) is 4.84. The maximum Gasteiger partial charge on any atom is 0.309 e. The average molecular weight is 217 g/mol. The Morgan fingerprint density at radius 2 is 1.87 bits per heavy atom. The molecule has 0 amide bonds. The lowest BCUT2D eigenvalue weighted by Crippen LogP contribution is -2.31. The Labute approximate surface area is 90.3 Å². The minimum atomic E-state index is -0.243. The third-order valence-corrected chi connectivity index (χ3v) is 2.11. The average Bonchev–Trinajstić information content (AvgIpc) is 2.24. The van der Waals surface area contributed by atoms with Crippen molar-refractivity contribution in [1.29, 1.82) is 0 Å². The van der Waals surface area contributed by atoms with Gasteiger partial charge in [-0.3, -0.25) is 9.59 Å². The van der Waals surface area contributed by atoms with Gasteiger partial charge in [0, 0.05) is 13.1 Å². The highest BCUT2D eigenvalue weighted by Crippen LogP contribution is 2.01. The van der Waals surface area contributed by atoms with E-state index in [2.05, 4.69) is 9.47 Å². The monoisotopic (exact) mass is 217 g/mol. The van der Waals surface area contributed by atoms with Crippen molar-refractivity contribution in [2.45, 2.75) is 13.3 Å². The fourth-order valence-corrected chi connectivity index (χ4v) is 1.22. The fraction of sp³-hybridized carbons (Fsp3) is 0.800. The molecule has 0 saturated heterocycles. The van der Waals surface area contributed by atoms with Crippen molar-refractivity contribution in [3.05, 3.63) is 0 Å². The molecule has 0 saturated carbocycles. The Hall–Kier alpha value is -1.10. The molecule has 0 aromatic rings. The number of carbonyl (C=O) groups excluding carboxylic acids is 2. The minimum absolute atomic E-state index is 0.183. The normalized spacial score (nSPS) is 12.3. The summed E-state index contributed by atoms with van der Waals surface area (Å²) in [4.78, 5) is 23.9. The molecule has 0 unspecified atom stereocenters. The van der Waals surface area contributed by atoms with Gasteiger partial charge in [-0.15, -0.1) is 0 Å². The summed E-state index contributed by atoms with van der Waals surface area (Å²) in [5.74, 6) is -0.662. The smallest absolute Gasteiger partial charge is 0.309 e. The lowest BCUT2D eigenvalue weighted by molar-refractivity contribution is -0.145. The minimum Gasteiger partial charge on any atom is -0.469 e. The van der Waals surface area contributed by atoms with Crippen molar-refractivity contribution in [2.75, 3.05) is 34.4 Å². The SMILES string of the molecule is COC(=O)CCN(C)C[C@@H](C)C(=O)OC. The molecule has 5 nitrogen and oxygen atoms in total. The van der Waals surface area contributed by atoms with Crippen LogP contribution in [0, 0.1) is 5.92 Å². The van der Waals surface area contributed by atoms with Crippen LogP contribution in [0.2, 0.25) is 0 Å². The molecule has 88 valence electrons. The van der Waals surface area contributed by atoms with Gasteiger partial charge >= 0.3 is 11.9 Å². The van der Waals surface area contributed by atoms with Crippen LogP contribution in [0.25, 0.3) is 0 Å². The van der Waals surface area contributed by atoms with Crippen molar-refractivity contribution in [3.63, 3.8) is 0 Å². The summed E-state index contributed by atoms with van der Waals surface area (Å²) < 4.78 is 9.12. The number of hydrogen-bond acceptors (Lipinski definition) is 5. The molecule has 0 N–H and O–H groups in total. The van der Waals surface area contributed by atoms with Crippen molar-refractivity contribution in [3.8, 4) is 0 Å². The summed E-state index contributed by atoms with van der Waals surface area (Å²) in [6.45, 7) is 2.94. The molecular weight excluding hydrogens is 198 g/mol. The van der Waals surface area contributed by atoms with Crippen molar-refractivity contribution >= 4 is 11.9 Å². The van der Waals surface area contributed by atoms with Gasteiger partial charge in [0.05, 0.1) is 26.6 Å². The number of methoxy groups -OCH3 is 2. The highest BCUT2D eigenvalue weighted by molar-refractivity contribution is 5.72. The van der Waals surface area contributed by atoms with Crippen LogP contribution in [0.1, 0.15) is 13.3 Å². The first kappa shape index (κ1) is 13.9. The Balaban J connectivity index is 3.78. The molecule has 1 atom stereocenters. The number of hydrogen-bond donors (Lipinski definition) is 0. The van der Waals surface area contributed by atoms with Gasteiger partial charge in [0.15, 0.2) is 0 Å². The predicted molar refractivity (Wildman–Crippen MR) is 55.3 cm³/mol. The second-order valence-electron chi connectivity index (χ2n) is 3.51. The van der Waals surface area contributed by atoms with E-state index in [1.54, 1.807) is 6.92 Å². The van der Waals surface area contributed by atoms with Crippen LogP contribution in [0.15, 0.2) is 0 Å². The molecule has 0 aromatic heterocycles. The second kappa shape index (κ2) is 7.23. The van der Waals surface area contributed by atoms with Crippen molar-refractivity contribution in [1.82, 2.24) is 4.90 Å². The highest BCUT2D eigenvalue weighted by Gasteiger charge is 2.15. The van der Waals surface area contributed by atoms with Crippen LogP contribution in [-0.4, -0.2) is 51.2 Å². The summed E-state index contributed by atoms with van der Waals surface area (Å²) in [7, 11) is 4.58. The third kappa shape index (κ3) is 6.06. The maximum absolute atomic E-state index is 11.1. The third-order valence-electron chi connectivity index (χ3n) is 2.11. The molecular formula is C10H19NO4. The van der Waals surface area contributed by atoms with Crippen molar-refractivity contribution < 1.29 is 19.1 Å². The molecule has 0 heterocycles. The summed E-state index contributed by atoms with van der Waals surface area (Å²) in [5.41, 5.74) is 0. The number of nitrogens with zero attached hydrogens (tertiary/aromatic N) is 1. The first-order chi connectivity index (χ1) is 7.01.